The fraction of sp³-hybridized carbons (Fsp3) is 0.542. The molecule has 7 heteroatoms. The van der Waals surface area contributed by atoms with E-state index in [1.54, 1.807) is 85.3 Å². The van der Waals surface area contributed by atoms with Crippen molar-refractivity contribution in [3.05, 3.63) is 75.0 Å². The first-order chi connectivity index (χ1) is 24.5. The largest absolute Gasteiger partial charge is 0.176 e. The first kappa shape index (κ1) is 46.3. The van der Waals surface area contributed by atoms with Crippen LogP contribution in [0.1, 0.15) is 44.4 Å². The molecule has 3 aromatic carbocycles. The Morgan fingerprint density at radius 3 is 0.745 bits per heavy atom. The first-order valence-electron chi connectivity index (χ1n) is 21.4. The highest BCUT2D eigenvalue weighted by molar-refractivity contribution is 7.23. The van der Waals surface area contributed by atoms with Gasteiger partial charge in [0.05, 0.1) is 48.4 Å². The van der Waals surface area contributed by atoms with Gasteiger partial charge in [0.25, 0.3) is 0 Å². The molecule has 0 amide bonds. The number of hydrogen-bond donors (Lipinski definition) is 0. The van der Waals surface area contributed by atoms with Crippen molar-refractivity contribution in [3.63, 3.8) is 0 Å². The Hall–Kier alpha value is -1.34. The highest BCUT2D eigenvalue weighted by Gasteiger charge is 2.54. The minimum Gasteiger partial charge on any atom is -0.0656 e. The topological polar surface area (TPSA) is 0 Å². The van der Waals surface area contributed by atoms with Crippen molar-refractivity contribution in [2.75, 3.05) is 0 Å². The fourth-order valence-corrected chi connectivity index (χ4v) is 34.7. The number of benzene rings is 3. The molecule has 55 heavy (non-hydrogen) atoms. The Morgan fingerprint density at radius 2 is 0.564 bits per heavy atom. The fourth-order valence-electron chi connectivity index (χ4n) is 11.2. The van der Waals surface area contributed by atoms with Crippen LogP contribution in [0, 0.1) is 26.7 Å². The van der Waals surface area contributed by atoms with E-state index in [1.165, 1.54) is 0 Å². The van der Waals surface area contributed by atoms with Gasteiger partial charge in [-0.15, -0.1) is 0 Å². The summed E-state index contributed by atoms with van der Waals surface area (Å²) in [5.74, 6) is 0.399. The third kappa shape index (κ3) is 8.04. The van der Waals surface area contributed by atoms with E-state index in [2.05, 4.69) is 203 Å². The van der Waals surface area contributed by atoms with Crippen LogP contribution in [0.4, 0.5) is 0 Å². The van der Waals surface area contributed by atoms with Gasteiger partial charge in [-0.2, -0.15) is 0 Å². The second kappa shape index (κ2) is 14.7. The molecule has 1 unspecified atom stereocenters. The Morgan fingerprint density at radius 1 is 0.327 bits per heavy atom. The standard InChI is InChI=1S/C48H82Si7/c1-32-33(2)35(4)45(34(32)3)55(42-29-26-39(49(8,9)10)36(5)46(42)52(17,18)19,43-30-27-40(50(11,12)13)37(6)47(43)53(20,21)22)44-31-28-41(51(14,15)16)38(7)48(44)54(23,24)25/h26-31,34H,1-25H3. The highest BCUT2D eigenvalue weighted by Crippen LogP contribution is 2.41. The highest BCUT2D eigenvalue weighted by atomic mass is 28.3. The summed E-state index contributed by atoms with van der Waals surface area (Å²) >= 11 is 0. The Bertz CT molecular complexity index is 1870. The number of allylic oxidation sites excluding steroid dienone is 4. The summed E-state index contributed by atoms with van der Waals surface area (Å²) in [6.07, 6.45) is 0. The summed E-state index contributed by atoms with van der Waals surface area (Å²) in [6, 6.07) is 16.3. The quantitative estimate of drug-likeness (QED) is 0.141. The predicted octanol–water partition coefficient (Wildman–Crippen LogP) is 9.20. The van der Waals surface area contributed by atoms with Crippen LogP contribution in [0.5, 0.6) is 0 Å². The van der Waals surface area contributed by atoms with E-state index in [4.69, 9.17) is 0 Å². The van der Waals surface area contributed by atoms with Gasteiger partial charge in [-0.3, -0.25) is 0 Å². The average Bonchev–Trinajstić information content (AvgIpc) is 3.16. The zero-order valence-corrected chi connectivity index (χ0v) is 47.5. The van der Waals surface area contributed by atoms with Crippen LogP contribution in [-0.4, -0.2) is 56.5 Å². The molecule has 0 spiro atoms. The lowest BCUT2D eigenvalue weighted by Gasteiger charge is -2.47. The average molecular weight is 856 g/mol. The molecule has 0 saturated heterocycles. The second-order valence-corrected chi connectivity index (χ2v) is 57.6. The van der Waals surface area contributed by atoms with E-state index in [-0.39, 0.29) is 0 Å². The summed E-state index contributed by atoms with van der Waals surface area (Å²) in [5.41, 5.74) is 9.62. The molecule has 0 aromatic heterocycles. The monoisotopic (exact) mass is 854 g/mol. The van der Waals surface area contributed by atoms with Crippen LogP contribution < -0.4 is 46.7 Å². The zero-order chi connectivity index (χ0) is 42.6. The molecule has 1 aliphatic carbocycles. The molecule has 3 aromatic rings. The lowest BCUT2D eigenvalue weighted by atomic mass is 10.1. The predicted molar refractivity (Wildman–Crippen MR) is 276 cm³/mol. The van der Waals surface area contributed by atoms with Gasteiger partial charge in [0, 0.05) is 0 Å². The van der Waals surface area contributed by atoms with Crippen LogP contribution in [0.3, 0.4) is 0 Å². The van der Waals surface area contributed by atoms with Crippen molar-refractivity contribution in [3.8, 4) is 0 Å². The summed E-state index contributed by atoms with van der Waals surface area (Å²) < 4.78 is 0. The molecule has 0 saturated carbocycles. The van der Waals surface area contributed by atoms with Gasteiger partial charge in [0.15, 0.2) is 8.07 Å². The van der Waals surface area contributed by atoms with Crippen molar-refractivity contribution in [2.24, 2.45) is 5.92 Å². The van der Waals surface area contributed by atoms with E-state index in [9.17, 15) is 0 Å². The molecule has 0 aliphatic heterocycles. The Kier molecular flexibility index (Phi) is 12.4. The maximum absolute atomic E-state index is 3.02. The number of rotatable bonds is 10. The normalized spacial score (nSPS) is 16.9. The smallest absolute Gasteiger partial charge is 0.0656 e. The van der Waals surface area contributed by atoms with Crippen LogP contribution in [0.2, 0.25) is 118 Å². The van der Waals surface area contributed by atoms with Gasteiger partial charge in [0.1, 0.15) is 0 Å². The molecule has 4 rings (SSSR count). The molecule has 0 N–H and O–H groups in total. The maximum atomic E-state index is 2.78. The second-order valence-electron chi connectivity index (χ2n) is 23.8. The third-order valence-corrected chi connectivity index (χ3v) is 32.3. The summed E-state index contributed by atoms with van der Waals surface area (Å²) in [7, 11) is -13.6. The number of hydrogen-bond acceptors (Lipinski definition) is 0. The summed E-state index contributed by atoms with van der Waals surface area (Å²) in [5, 5.41) is 17.3. The van der Waals surface area contributed by atoms with Gasteiger partial charge in [-0.05, 0) is 68.6 Å². The van der Waals surface area contributed by atoms with Crippen molar-refractivity contribution >= 4 is 103 Å². The van der Waals surface area contributed by atoms with E-state index >= 15 is 0 Å². The molecule has 1 aliphatic rings. The van der Waals surface area contributed by atoms with Gasteiger partial charge in [0.2, 0.25) is 0 Å². The first-order valence-corrected chi connectivity index (χ1v) is 44.4. The van der Waals surface area contributed by atoms with Crippen molar-refractivity contribution in [1.29, 1.82) is 0 Å². The van der Waals surface area contributed by atoms with Crippen LogP contribution >= 0.6 is 0 Å². The lowest BCUT2D eigenvalue weighted by Crippen LogP contribution is -2.82. The maximum Gasteiger partial charge on any atom is 0.176 e. The van der Waals surface area contributed by atoms with Gasteiger partial charge >= 0.3 is 0 Å². The van der Waals surface area contributed by atoms with E-state index in [0.29, 0.717) is 5.92 Å². The molecule has 302 valence electrons. The Labute approximate surface area is 348 Å². The molecule has 0 nitrogen and oxygen atoms in total. The molecular formula is C48H82Si7. The molecule has 1 atom stereocenters. The minimum atomic E-state index is -3.02. The van der Waals surface area contributed by atoms with Gasteiger partial charge in [-0.25, -0.2) is 0 Å². The van der Waals surface area contributed by atoms with Gasteiger partial charge in [-0.1, -0.05) is 225 Å². The molecule has 0 bridgehead atoms. The summed E-state index contributed by atoms with van der Waals surface area (Å²) in [6.45, 7) is 64.8. The van der Waals surface area contributed by atoms with Crippen molar-refractivity contribution in [1.82, 2.24) is 0 Å². The van der Waals surface area contributed by atoms with Crippen molar-refractivity contribution in [2.45, 2.75) is 166 Å². The molecule has 0 heterocycles. The molecule has 0 fully saturated rings. The molecular weight excluding hydrogens is 773 g/mol. The van der Waals surface area contributed by atoms with E-state index < -0.39 is 56.5 Å². The SMILES string of the molecule is CC1=C(C)C(C)C([Si](c2ccc([Si](C)(C)C)c(C)c2[Si](C)(C)C)(c2ccc([Si](C)(C)C)c(C)c2[Si](C)(C)C)c2ccc([Si](C)(C)C)c(C)c2[Si](C)(C)C)=C1C. The lowest BCUT2D eigenvalue weighted by molar-refractivity contribution is 0.852. The van der Waals surface area contributed by atoms with E-state index in [1.807, 2.05) is 0 Å². The van der Waals surface area contributed by atoms with Gasteiger partial charge < -0.3 is 0 Å². The van der Waals surface area contributed by atoms with Crippen LogP contribution in [0.15, 0.2) is 58.3 Å². The summed E-state index contributed by atoms with van der Waals surface area (Å²) in [4.78, 5) is 0. The van der Waals surface area contributed by atoms with E-state index in [0.717, 1.165) is 0 Å². The minimum absolute atomic E-state index is 0.399. The molecule has 0 radical (unpaired) electrons. The van der Waals surface area contributed by atoms with Crippen LogP contribution in [-0.2, 0) is 0 Å². The van der Waals surface area contributed by atoms with Crippen molar-refractivity contribution < 1.29 is 0 Å². The zero-order valence-electron chi connectivity index (χ0n) is 40.5. The van der Waals surface area contributed by atoms with Crippen LogP contribution in [0.25, 0.3) is 0 Å². The third-order valence-electron chi connectivity index (χ3n) is 13.3. The Balaban J connectivity index is 2.65.